The molecule has 0 aliphatic carbocycles. The standard InChI is InChI=1S/C10H13N5O4.K.Na/c11-8-5-9(13-2-12-8)15(3-14-5)10-7(18)6(17)4(1-16)19-10;;/h2-4,6-7,10,16-18H,1H2,(H2,11,12,13);;/t4-,6-,7-,10-;;/m1../s1. The maximum absolute atomic E-state index is 9.95. The number of nitrogen functional groups attached to an aromatic ring is 1. The second kappa shape index (κ2) is 8.08. The van der Waals surface area contributed by atoms with Crippen molar-refractivity contribution < 1.29 is 20.1 Å². The number of ether oxygens (including phenoxy) is 1. The molecule has 1 aliphatic rings. The number of rotatable bonds is 2. The molecule has 2 aromatic rings. The van der Waals surface area contributed by atoms with Gasteiger partial charge in [0.25, 0.3) is 0 Å². The molecule has 0 amide bonds. The number of nitrogens with zero attached hydrogens (tertiary/aromatic N) is 4. The van der Waals surface area contributed by atoms with Crippen LogP contribution in [0.2, 0.25) is 0 Å². The zero-order valence-electron chi connectivity index (χ0n) is 11.8. The van der Waals surface area contributed by atoms with Crippen molar-refractivity contribution in [1.82, 2.24) is 19.5 Å². The molecule has 4 atom stereocenters. The van der Waals surface area contributed by atoms with Crippen LogP contribution in [0.3, 0.4) is 0 Å². The molecule has 1 aliphatic heterocycles. The molecular formula is C10H13KN5NaO4. The van der Waals surface area contributed by atoms with E-state index in [9.17, 15) is 10.2 Å². The molecule has 104 valence electrons. The number of aromatic nitrogens is 4. The minimum atomic E-state index is -1.19. The summed E-state index contributed by atoms with van der Waals surface area (Å²) in [6, 6.07) is 0. The average Bonchev–Trinajstić information content (AvgIpc) is 2.94. The molecule has 2 radical (unpaired) electrons. The molecule has 3 heterocycles. The van der Waals surface area contributed by atoms with Crippen LogP contribution in [0.25, 0.3) is 11.2 Å². The van der Waals surface area contributed by atoms with Crippen LogP contribution in [0.1, 0.15) is 6.23 Å². The third kappa shape index (κ3) is 3.51. The Morgan fingerprint density at radius 3 is 2.57 bits per heavy atom. The summed E-state index contributed by atoms with van der Waals surface area (Å²) in [5.41, 5.74) is 6.44. The van der Waals surface area contributed by atoms with Gasteiger partial charge >= 0.3 is 0 Å². The Hall–Kier alpha value is 0.826. The minimum Gasteiger partial charge on any atom is -0.394 e. The van der Waals surface area contributed by atoms with Crippen LogP contribution in [0.15, 0.2) is 12.7 Å². The monoisotopic (exact) mass is 329 g/mol. The normalized spacial score (nSPS) is 28.1. The van der Waals surface area contributed by atoms with Crippen LogP contribution >= 0.6 is 0 Å². The number of anilines is 1. The molecule has 2 aromatic heterocycles. The van der Waals surface area contributed by atoms with Crippen LogP contribution < -0.4 is 5.73 Å². The number of hydrogen-bond donors (Lipinski definition) is 4. The number of hydrogen-bond acceptors (Lipinski definition) is 8. The van der Waals surface area contributed by atoms with Crippen LogP contribution in [-0.4, -0.2) is 141 Å². The van der Waals surface area contributed by atoms with Crippen LogP contribution in [0, 0.1) is 0 Å². The predicted octanol–water partition coefficient (Wildman–Crippen LogP) is -2.74. The van der Waals surface area contributed by atoms with Gasteiger partial charge < -0.3 is 25.8 Å². The Kier molecular flexibility index (Phi) is 7.65. The van der Waals surface area contributed by atoms with Gasteiger partial charge in [-0.2, -0.15) is 0 Å². The third-order valence-corrected chi connectivity index (χ3v) is 3.18. The van der Waals surface area contributed by atoms with Gasteiger partial charge in [0.15, 0.2) is 17.7 Å². The maximum atomic E-state index is 9.95. The summed E-state index contributed by atoms with van der Waals surface area (Å²) < 4.78 is 6.85. The first kappa shape index (κ1) is 19.9. The van der Waals surface area contributed by atoms with E-state index in [2.05, 4.69) is 15.0 Å². The first-order valence-corrected chi connectivity index (χ1v) is 5.69. The molecule has 1 fully saturated rings. The number of aliphatic hydroxyl groups is 3. The fraction of sp³-hybridized carbons (Fsp3) is 0.500. The van der Waals surface area contributed by atoms with Crippen molar-refractivity contribution in [2.75, 3.05) is 12.3 Å². The molecule has 0 saturated carbocycles. The summed E-state index contributed by atoms with van der Waals surface area (Å²) in [6.45, 7) is -0.390. The van der Waals surface area contributed by atoms with E-state index in [0.29, 0.717) is 11.2 Å². The minimum absolute atomic E-state index is 0. The third-order valence-electron chi connectivity index (χ3n) is 3.18. The van der Waals surface area contributed by atoms with Crippen molar-refractivity contribution in [2.24, 2.45) is 0 Å². The SMILES string of the molecule is Nc1ncnc2c1ncn2[C@@H]1O[C@H](CO)[C@@H](O)[C@H]1O.[K].[Na]. The van der Waals surface area contributed by atoms with Crippen molar-refractivity contribution >= 4 is 97.9 Å². The van der Waals surface area contributed by atoms with Gasteiger partial charge in [0.2, 0.25) is 0 Å². The second-order valence-electron chi connectivity index (χ2n) is 4.31. The summed E-state index contributed by atoms with van der Waals surface area (Å²) >= 11 is 0. The molecule has 0 unspecified atom stereocenters. The Balaban J connectivity index is 0.00000110. The van der Waals surface area contributed by atoms with E-state index in [1.165, 1.54) is 17.2 Å². The summed E-state index contributed by atoms with van der Waals surface area (Å²) in [5, 5.41) is 28.7. The Labute approximate surface area is 184 Å². The molecule has 3 rings (SSSR count). The number of imidazole rings is 1. The van der Waals surface area contributed by atoms with Gasteiger partial charge in [-0.3, -0.25) is 4.57 Å². The van der Waals surface area contributed by atoms with E-state index in [0.717, 1.165) is 0 Å². The number of nitrogens with two attached hydrogens (primary N) is 1. The average molecular weight is 329 g/mol. The molecule has 11 heteroatoms. The van der Waals surface area contributed by atoms with Gasteiger partial charge in [0.1, 0.15) is 30.2 Å². The summed E-state index contributed by atoms with van der Waals surface area (Å²) in [6.07, 6.45) is -1.42. The van der Waals surface area contributed by atoms with E-state index < -0.39 is 31.1 Å². The van der Waals surface area contributed by atoms with Crippen LogP contribution in [0.4, 0.5) is 5.82 Å². The molecule has 9 nitrogen and oxygen atoms in total. The fourth-order valence-corrected chi connectivity index (χ4v) is 2.17. The molecular weight excluding hydrogens is 316 g/mol. The Morgan fingerprint density at radius 1 is 1.24 bits per heavy atom. The Morgan fingerprint density at radius 2 is 1.95 bits per heavy atom. The van der Waals surface area contributed by atoms with Crippen LogP contribution in [0.5, 0.6) is 0 Å². The van der Waals surface area contributed by atoms with Gasteiger partial charge in [0, 0.05) is 80.9 Å². The first-order chi connectivity index (χ1) is 9.13. The molecule has 0 aromatic carbocycles. The van der Waals surface area contributed by atoms with Gasteiger partial charge in [-0.15, -0.1) is 0 Å². The van der Waals surface area contributed by atoms with Crippen molar-refractivity contribution in [2.45, 2.75) is 24.5 Å². The van der Waals surface area contributed by atoms with E-state index in [4.69, 9.17) is 15.6 Å². The van der Waals surface area contributed by atoms with Gasteiger partial charge in [-0.05, 0) is 0 Å². The molecule has 21 heavy (non-hydrogen) atoms. The van der Waals surface area contributed by atoms with Gasteiger partial charge in [0.05, 0.1) is 12.9 Å². The summed E-state index contributed by atoms with van der Waals surface area (Å²) in [7, 11) is 0. The van der Waals surface area contributed by atoms with Crippen molar-refractivity contribution in [3.8, 4) is 0 Å². The molecule has 5 N–H and O–H groups in total. The van der Waals surface area contributed by atoms with E-state index in [1.807, 2.05) is 0 Å². The number of aliphatic hydroxyl groups excluding tert-OH is 3. The molecule has 1 saturated heterocycles. The second-order valence-corrected chi connectivity index (χ2v) is 4.31. The molecule has 0 bridgehead atoms. The van der Waals surface area contributed by atoms with Crippen LogP contribution in [-0.2, 0) is 4.74 Å². The van der Waals surface area contributed by atoms with E-state index in [-0.39, 0.29) is 86.8 Å². The zero-order valence-corrected chi connectivity index (χ0v) is 16.9. The van der Waals surface area contributed by atoms with E-state index in [1.54, 1.807) is 0 Å². The maximum Gasteiger partial charge on any atom is 0.167 e. The zero-order chi connectivity index (χ0) is 13.6. The van der Waals surface area contributed by atoms with Gasteiger partial charge in [-0.25, -0.2) is 15.0 Å². The summed E-state index contributed by atoms with van der Waals surface area (Å²) in [4.78, 5) is 11.9. The summed E-state index contributed by atoms with van der Waals surface area (Å²) in [5.74, 6) is 0.218. The fourth-order valence-electron chi connectivity index (χ4n) is 2.17. The topological polar surface area (TPSA) is 140 Å². The largest absolute Gasteiger partial charge is 0.394 e. The molecule has 0 spiro atoms. The van der Waals surface area contributed by atoms with E-state index >= 15 is 0 Å². The predicted molar refractivity (Wildman–Crippen MR) is 74.3 cm³/mol. The van der Waals surface area contributed by atoms with Crippen molar-refractivity contribution in [3.05, 3.63) is 12.7 Å². The van der Waals surface area contributed by atoms with Gasteiger partial charge in [-0.1, -0.05) is 0 Å². The Bertz CT molecular complexity index is 614. The van der Waals surface area contributed by atoms with Crippen molar-refractivity contribution in [3.63, 3.8) is 0 Å². The number of fused-ring (bicyclic) bond motifs is 1. The smallest absolute Gasteiger partial charge is 0.167 e. The first-order valence-electron chi connectivity index (χ1n) is 5.69. The quantitative estimate of drug-likeness (QED) is 0.435. The van der Waals surface area contributed by atoms with Crippen molar-refractivity contribution in [1.29, 1.82) is 0 Å².